The second kappa shape index (κ2) is 7.52. The average molecular weight is 383 g/mol. The zero-order valence-corrected chi connectivity index (χ0v) is 16.3. The molecule has 0 aromatic heterocycles. The number of nitrogen functional groups attached to an aromatic ring is 1. The molecular formula is C21H25N3O4. The highest BCUT2D eigenvalue weighted by Crippen LogP contribution is 2.43. The van der Waals surface area contributed by atoms with E-state index in [9.17, 15) is 19.8 Å². The third-order valence-electron chi connectivity index (χ3n) is 4.97. The van der Waals surface area contributed by atoms with Gasteiger partial charge in [-0.1, -0.05) is 6.92 Å². The standard InChI is InChI=1S/C21H25N3O4/c1-4-11-10-12(22)19(23-8-5-9-24(2)3)18-15(11)20(27)16-13(25)6-7-14(26)17(16)21(18)28/h6-7,10,23,25-26H,4-5,8-9,22H2,1-3H3. The summed E-state index contributed by atoms with van der Waals surface area (Å²) in [4.78, 5) is 28.5. The van der Waals surface area contributed by atoms with Crippen molar-refractivity contribution in [2.75, 3.05) is 38.2 Å². The molecule has 0 saturated heterocycles. The maximum Gasteiger partial charge on any atom is 0.200 e. The fourth-order valence-electron chi connectivity index (χ4n) is 3.62. The minimum atomic E-state index is -0.518. The van der Waals surface area contributed by atoms with Crippen LogP contribution >= 0.6 is 0 Å². The van der Waals surface area contributed by atoms with Crippen molar-refractivity contribution in [3.8, 4) is 11.5 Å². The molecule has 0 saturated carbocycles. The van der Waals surface area contributed by atoms with Gasteiger partial charge in [0.15, 0.2) is 5.78 Å². The fourth-order valence-corrected chi connectivity index (χ4v) is 3.62. The first kappa shape index (κ1) is 19.7. The molecular weight excluding hydrogens is 358 g/mol. The molecule has 0 radical (unpaired) electrons. The van der Waals surface area contributed by atoms with E-state index in [0.29, 0.717) is 29.9 Å². The summed E-state index contributed by atoms with van der Waals surface area (Å²) in [5.74, 6) is -1.66. The van der Waals surface area contributed by atoms with Gasteiger partial charge in [0.1, 0.15) is 11.5 Å². The summed E-state index contributed by atoms with van der Waals surface area (Å²) in [6.07, 6.45) is 1.32. The molecule has 7 nitrogen and oxygen atoms in total. The molecule has 1 aliphatic rings. The number of aryl methyl sites for hydroxylation is 1. The Bertz CT molecular complexity index is 967. The number of benzene rings is 2. The summed E-state index contributed by atoms with van der Waals surface area (Å²) in [5.41, 5.74) is 7.70. The third-order valence-corrected chi connectivity index (χ3v) is 4.97. The lowest BCUT2D eigenvalue weighted by Gasteiger charge is -2.25. The quantitative estimate of drug-likeness (QED) is 0.293. The van der Waals surface area contributed by atoms with Crippen molar-refractivity contribution < 1.29 is 19.8 Å². The maximum atomic E-state index is 13.3. The molecule has 5 N–H and O–H groups in total. The van der Waals surface area contributed by atoms with Crippen LogP contribution in [0.2, 0.25) is 0 Å². The first-order valence-corrected chi connectivity index (χ1v) is 9.26. The van der Waals surface area contributed by atoms with Gasteiger partial charge in [-0.25, -0.2) is 0 Å². The Morgan fingerprint density at radius 1 is 1.00 bits per heavy atom. The number of aromatic hydroxyl groups is 2. The van der Waals surface area contributed by atoms with Crippen molar-refractivity contribution in [2.24, 2.45) is 0 Å². The van der Waals surface area contributed by atoms with Crippen LogP contribution in [0.4, 0.5) is 11.4 Å². The highest BCUT2D eigenvalue weighted by Gasteiger charge is 2.38. The summed E-state index contributed by atoms with van der Waals surface area (Å²) in [6.45, 7) is 3.29. The number of ketones is 2. The number of fused-ring (bicyclic) bond motifs is 2. The van der Waals surface area contributed by atoms with Crippen LogP contribution in [0.5, 0.6) is 11.5 Å². The van der Waals surface area contributed by atoms with Crippen molar-refractivity contribution in [3.05, 3.63) is 46.0 Å². The molecule has 0 spiro atoms. The number of phenols is 2. The Kier molecular flexibility index (Phi) is 5.29. The van der Waals surface area contributed by atoms with E-state index in [1.807, 2.05) is 25.9 Å². The van der Waals surface area contributed by atoms with Crippen molar-refractivity contribution in [1.82, 2.24) is 4.90 Å². The van der Waals surface area contributed by atoms with Crippen LogP contribution in [-0.4, -0.2) is 53.9 Å². The Hall–Kier alpha value is -3.06. The summed E-state index contributed by atoms with van der Waals surface area (Å²) in [7, 11) is 3.95. The largest absolute Gasteiger partial charge is 0.507 e. The van der Waals surface area contributed by atoms with E-state index in [1.54, 1.807) is 6.07 Å². The fraction of sp³-hybridized carbons (Fsp3) is 0.333. The Labute approximate surface area is 163 Å². The number of carbonyl (C=O) groups is 2. The van der Waals surface area contributed by atoms with E-state index in [2.05, 4.69) is 5.32 Å². The van der Waals surface area contributed by atoms with Crippen molar-refractivity contribution in [3.63, 3.8) is 0 Å². The number of hydrogen-bond donors (Lipinski definition) is 4. The molecule has 2 aromatic carbocycles. The normalized spacial score (nSPS) is 12.9. The Morgan fingerprint density at radius 3 is 2.11 bits per heavy atom. The van der Waals surface area contributed by atoms with Gasteiger partial charge in [-0.3, -0.25) is 9.59 Å². The number of nitrogens with one attached hydrogen (secondary N) is 1. The Balaban J connectivity index is 2.16. The Morgan fingerprint density at radius 2 is 1.57 bits per heavy atom. The molecule has 0 unspecified atom stereocenters. The summed E-state index contributed by atoms with van der Waals surface area (Å²) < 4.78 is 0. The molecule has 0 bridgehead atoms. The van der Waals surface area contributed by atoms with Crippen LogP contribution in [0.1, 0.15) is 50.8 Å². The second-order valence-electron chi connectivity index (χ2n) is 7.20. The zero-order chi connectivity index (χ0) is 20.6. The SMILES string of the molecule is CCc1cc(N)c(NCCCN(C)C)c2c1C(=O)c1c(O)ccc(O)c1C2=O. The predicted molar refractivity (Wildman–Crippen MR) is 109 cm³/mol. The average Bonchev–Trinajstić information content (AvgIpc) is 2.65. The lowest BCUT2D eigenvalue weighted by Crippen LogP contribution is -2.26. The van der Waals surface area contributed by atoms with Crippen LogP contribution in [0, 0.1) is 0 Å². The van der Waals surface area contributed by atoms with Gasteiger partial charge >= 0.3 is 0 Å². The van der Waals surface area contributed by atoms with Gasteiger partial charge in [-0.2, -0.15) is 0 Å². The van der Waals surface area contributed by atoms with Gasteiger partial charge < -0.3 is 26.2 Å². The number of anilines is 2. The molecule has 0 heterocycles. The smallest absolute Gasteiger partial charge is 0.200 e. The summed E-state index contributed by atoms with van der Waals surface area (Å²) in [5, 5.41) is 23.6. The molecule has 2 aromatic rings. The summed E-state index contributed by atoms with van der Waals surface area (Å²) in [6, 6.07) is 4.12. The van der Waals surface area contributed by atoms with Gasteiger partial charge in [0.25, 0.3) is 0 Å². The highest BCUT2D eigenvalue weighted by atomic mass is 16.3. The van der Waals surface area contributed by atoms with E-state index >= 15 is 0 Å². The van der Waals surface area contributed by atoms with Crippen LogP contribution in [-0.2, 0) is 6.42 Å². The van der Waals surface area contributed by atoms with Crippen molar-refractivity contribution in [2.45, 2.75) is 19.8 Å². The number of phenolic OH excluding ortho intramolecular Hbond substituents is 2. The van der Waals surface area contributed by atoms with Crippen LogP contribution in [0.25, 0.3) is 0 Å². The van der Waals surface area contributed by atoms with E-state index in [1.165, 1.54) is 12.1 Å². The molecule has 0 amide bonds. The highest BCUT2D eigenvalue weighted by molar-refractivity contribution is 6.33. The number of rotatable bonds is 6. The van der Waals surface area contributed by atoms with Crippen LogP contribution in [0.15, 0.2) is 18.2 Å². The first-order valence-electron chi connectivity index (χ1n) is 9.26. The van der Waals surface area contributed by atoms with Crippen molar-refractivity contribution in [1.29, 1.82) is 0 Å². The van der Waals surface area contributed by atoms with E-state index in [0.717, 1.165) is 13.0 Å². The number of nitrogens with two attached hydrogens (primary N) is 1. The molecule has 7 heteroatoms. The number of carbonyl (C=O) groups excluding carboxylic acids is 2. The monoisotopic (exact) mass is 383 g/mol. The molecule has 0 fully saturated rings. The first-order chi connectivity index (χ1) is 13.3. The maximum absolute atomic E-state index is 13.3. The van der Waals surface area contributed by atoms with Gasteiger partial charge in [0.05, 0.1) is 28.1 Å². The number of nitrogens with zero attached hydrogens (tertiary/aromatic N) is 1. The minimum Gasteiger partial charge on any atom is -0.507 e. The van der Waals surface area contributed by atoms with Gasteiger partial charge in [0, 0.05) is 12.1 Å². The van der Waals surface area contributed by atoms with Crippen molar-refractivity contribution >= 4 is 22.9 Å². The molecule has 0 aliphatic heterocycles. The second-order valence-corrected chi connectivity index (χ2v) is 7.20. The molecule has 3 rings (SSSR count). The molecule has 1 aliphatic carbocycles. The molecule has 0 atom stereocenters. The number of hydrogen-bond acceptors (Lipinski definition) is 7. The van der Waals surface area contributed by atoms with Gasteiger partial charge in [-0.05, 0) is 57.2 Å². The predicted octanol–water partition coefficient (Wildman–Crippen LogP) is 2.38. The van der Waals surface area contributed by atoms with Crippen LogP contribution in [0.3, 0.4) is 0 Å². The van der Waals surface area contributed by atoms with E-state index < -0.39 is 11.6 Å². The zero-order valence-electron chi connectivity index (χ0n) is 16.3. The summed E-state index contributed by atoms with van der Waals surface area (Å²) >= 11 is 0. The van der Waals surface area contributed by atoms with E-state index in [4.69, 9.17) is 5.73 Å². The molecule has 148 valence electrons. The lowest BCUT2D eigenvalue weighted by atomic mass is 9.79. The lowest BCUT2D eigenvalue weighted by molar-refractivity contribution is 0.0974. The third kappa shape index (κ3) is 3.18. The van der Waals surface area contributed by atoms with Crippen LogP contribution < -0.4 is 11.1 Å². The topological polar surface area (TPSA) is 116 Å². The molecule has 28 heavy (non-hydrogen) atoms. The van der Waals surface area contributed by atoms with Gasteiger partial charge in [0.2, 0.25) is 5.78 Å². The van der Waals surface area contributed by atoms with E-state index in [-0.39, 0.29) is 33.8 Å². The minimum absolute atomic E-state index is 0.157. The van der Waals surface area contributed by atoms with Gasteiger partial charge in [-0.15, -0.1) is 0 Å².